The Bertz CT molecular complexity index is 212. The van der Waals surface area contributed by atoms with Crippen molar-refractivity contribution in [3.05, 3.63) is 0 Å². The predicted octanol–water partition coefficient (Wildman–Crippen LogP) is 1.54. The number of hydrogen-bond donors (Lipinski definition) is 1. The van der Waals surface area contributed by atoms with Crippen molar-refractivity contribution in [3.8, 4) is 0 Å². The molecule has 1 saturated carbocycles. The molecule has 0 aromatic heterocycles. The molecule has 3 heteroatoms. The van der Waals surface area contributed by atoms with Gasteiger partial charge in [-0.15, -0.1) is 0 Å². The molecule has 3 nitrogen and oxygen atoms in total. The van der Waals surface area contributed by atoms with Crippen LogP contribution in [0.15, 0.2) is 0 Å². The van der Waals surface area contributed by atoms with E-state index in [2.05, 4.69) is 29.0 Å². The summed E-state index contributed by atoms with van der Waals surface area (Å²) in [7, 11) is 0. The van der Waals surface area contributed by atoms with Crippen LogP contribution in [0.1, 0.15) is 39.5 Å². The summed E-state index contributed by atoms with van der Waals surface area (Å²) in [5.74, 6) is 0. The molecule has 2 atom stereocenters. The molecule has 0 bridgehead atoms. The second-order valence-corrected chi connectivity index (χ2v) is 5.54. The van der Waals surface area contributed by atoms with Gasteiger partial charge in [-0.1, -0.05) is 20.3 Å². The number of nitrogens with zero attached hydrogens (tertiary/aromatic N) is 2. The molecule has 1 saturated heterocycles. The summed E-state index contributed by atoms with van der Waals surface area (Å²) in [6, 6.07) is 1.58. The highest BCUT2D eigenvalue weighted by molar-refractivity contribution is 4.91. The van der Waals surface area contributed by atoms with Gasteiger partial charge in [-0.25, -0.2) is 0 Å². The third-order valence-corrected chi connectivity index (χ3v) is 4.36. The quantitative estimate of drug-likeness (QED) is 0.785. The topological polar surface area (TPSA) is 18.5 Å². The zero-order valence-electron chi connectivity index (χ0n) is 11.6. The maximum atomic E-state index is 3.67. The van der Waals surface area contributed by atoms with E-state index in [0.29, 0.717) is 0 Å². The molecular weight excluding hydrogens is 210 g/mol. The molecule has 2 fully saturated rings. The van der Waals surface area contributed by atoms with E-state index in [1.807, 2.05) is 0 Å². The molecule has 0 radical (unpaired) electrons. The SMILES string of the molecule is CCCN1CCN(C2CCCC2NCC)CC1. The van der Waals surface area contributed by atoms with Crippen molar-refractivity contribution in [1.82, 2.24) is 15.1 Å². The van der Waals surface area contributed by atoms with Gasteiger partial charge >= 0.3 is 0 Å². The Morgan fingerprint density at radius 3 is 2.47 bits per heavy atom. The molecule has 2 rings (SSSR count). The van der Waals surface area contributed by atoms with Gasteiger partial charge in [-0.2, -0.15) is 0 Å². The van der Waals surface area contributed by atoms with E-state index in [1.165, 1.54) is 58.4 Å². The van der Waals surface area contributed by atoms with Gasteiger partial charge in [0.2, 0.25) is 0 Å². The van der Waals surface area contributed by atoms with Crippen LogP contribution in [0, 0.1) is 0 Å². The van der Waals surface area contributed by atoms with Crippen LogP contribution in [0.25, 0.3) is 0 Å². The van der Waals surface area contributed by atoms with Gasteiger partial charge in [0.15, 0.2) is 0 Å². The monoisotopic (exact) mass is 239 g/mol. The Hall–Kier alpha value is -0.120. The first-order chi connectivity index (χ1) is 8.35. The van der Waals surface area contributed by atoms with E-state index < -0.39 is 0 Å². The van der Waals surface area contributed by atoms with Crippen molar-refractivity contribution in [2.75, 3.05) is 39.3 Å². The number of nitrogens with one attached hydrogen (secondary N) is 1. The molecule has 1 heterocycles. The summed E-state index contributed by atoms with van der Waals surface area (Å²) in [6.07, 6.45) is 5.50. The molecule has 0 aromatic rings. The van der Waals surface area contributed by atoms with Crippen LogP contribution in [0.3, 0.4) is 0 Å². The number of hydrogen-bond acceptors (Lipinski definition) is 3. The fourth-order valence-electron chi connectivity index (χ4n) is 3.51. The maximum Gasteiger partial charge on any atom is 0.0250 e. The van der Waals surface area contributed by atoms with Gasteiger partial charge in [-0.3, -0.25) is 4.90 Å². The predicted molar refractivity (Wildman–Crippen MR) is 73.4 cm³/mol. The Morgan fingerprint density at radius 1 is 1.06 bits per heavy atom. The van der Waals surface area contributed by atoms with Gasteiger partial charge < -0.3 is 10.2 Å². The maximum absolute atomic E-state index is 3.67. The molecule has 100 valence electrons. The Labute approximate surface area is 107 Å². The zero-order chi connectivity index (χ0) is 12.1. The Balaban J connectivity index is 1.79. The average Bonchev–Trinajstić information content (AvgIpc) is 2.79. The Kier molecular flexibility index (Phi) is 5.26. The Morgan fingerprint density at radius 2 is 1.82 bits per heavy atom. The van der Waals surface area contributed by atoms with E-state index in [0.717, 1.165) is 18.6 Å². The van der Waals surface area contributed by atoms with Gasteiger partial charge in [0.05, 0.1) is 0 Å². The van der Waals surface area contributed by atoms with Crippen LogP contribution >= 0.6 is 0 Å². The first kappa shape index (κ1) is 13.3. The van der Waals surface area contributed by atoms with Crippen molar-refractivity contribution in [2.45, 2.75) is 51.6 Å². The van der Waals surface area contributed by atoms with Crippen LogP contribution in [0.4, 0.5) is 0 Å². The van der Waals surface area contributed by atoms with Gasteiger partial charge in [0.1, 0.15) is 0 Å². The molecule has 17 heavy (non-hydrogen) atoms. The van der Waals surface area contributed by atoms with Crippen molar-refractivity contribution in [3.63, 3.8) is 0 Å². The second kappa shape index (κ2) is 6.72. The standard InChI is InChI=1S/C14H29N3/c1-3-8-16-9-11-17(12-10-16)14-7-5-6-13(14)15-4-2/h13-15H,3-12H2,1-2H3. The van der Waals surface area contributed by atoms with E-state index in [-0.39, 0.29) is 0 Å². The summed E-state index contributed by atoms with van der Waals surface area (Å²) in [5, 5.41) is 3.67. The van der Waals surface area contributed by atoms with Crippen molar-refractivity contribution in [1.29, 1.82) is 0 Å². The number of piperazine rings is 1. The largest absolute Gasteiger partial charge is 0.313 e. The minimum absolute atomic E-state index is 0.762. The fourth-order valence-corrected chi connectivity index (χ4v) is 3.51. The van der Waals surface area contributed by atoms with Crippen molar-refractivity contribution >= 4 is 0 Å². The van der Waals surface area contributed by atoms with E-state index in [1.54, 1.807) is 0 Å². The highest BCUT2D eigenvalue weighted by Gasteiger charge is 2.32. The number of likely N-dealkylation sites (N-methyl/N-ethyl adjacent to an activating group) is 1. The van der Waals surface area contributed by atoms with Crippen molar-refractivity contribution in [2.24, 2.45) is 0 Å². The summed E-state index contributed by atoms with van der Waals surface area (Å²) in [6.45, 7) is 12.1. The lowest BCUT2D eigenvalue weighted by molar-refractivity contribution is 0.0870. The normalized spacial score (nSPS) is 32.1. The highest BCUT2D eigenvalue weighted by Crippen LogP contribution is 2.25. The first-order valence-corrected chi connectivity index (χ1v) is 7.55. The highest BCUT2D eigenvalue weighted by atomic mass is 15.3. The fraction of sp³-hybridized carbons (Fsp3) is 1.00. The van der Waals surface area contributed by atoms with Crippen LogP contribution in [-0.4, -0.2) is 61.2 Å². The molecule has 0 spiro atoms. The molecular formula is C14H29N3. The summed E-state index contributed by atoms with van der Waals surface area (Å²) >= 11 is 0. The zero-order valence-corrected chi connectivity index (χ0v) is 11.6. The first-order valence-electron chi connectivity index (χ1n) is 7.55. The minimum atomic E-state index is 0.762. The molecule has 0 aromatic carbocycles. The van der Waals surface area contributed by atoms with Gasteiger partial charge in [0.25, 0.3) is 0 Å². The molecule has 1 aliphatic carbocycles. The number of rotatable bonds is 5. The lowest BCUT2D eigenvalue weighted by Crippen LogP contribution is -2.54. The lowest BCUT2D eigenvalue weighted by Gasteiger charge is -2.40. The van der Waals surface area contributed by atoms with Crippen molar-refractivity contribution < 1.29 is 0 Å². The third-order valence-electron chi connectivity index (χ3n) is 4.36. The average molecular weight is 239 g/mol. The van der Waals surface area contributed by atoms with Crippen LogP contribution in [-0.2, 0) is 0 Å². The lowest BCUT2D eigenvalue weighted by atomic mass is 10.1. The van der Waals surface area contributed by atoms with Gasteiger partial charge in [-0.05, 0) is 32.4 Å². The second-order valence-electron chi connectivity index (χ2n) is 5.54. The summed E-state index contributed by atoms with van der Waals surface area (Å²) in [4.78, 5) is 5.36. The van der Waals surface area contributed by atoms with Crippen LogP contribution < -0.4 is 5.32 Å². The molecule has 1 N–H and O–H groups in total. The molecule has 1 aliphatic heterocycles. The summed E-state index contributed by atoms with van der Waals surface area (Å²) < 4.78 is 0. The van der Waals surface area contributed by atoms with E-state index in [4.69, 9.17) is 0 Å². The summed E-state index contributed by atoms with van der Waals surface area (Å²) in [5.41, 5.74) is 0. The van der Waals surface area contributed by atoms with E-state index in [9.17, 15) is 0 Å². The molecule has 0 amide bonds. The third kappa shape index (κ3) is 3.43. The van der Waals surface area contributed by atoms with Gasteiger partial charge in [0, 0.05) is 38.3 Å². The van der Waals surface area contributed by atoms with E-state index >= 15 is 0 Å². The van der Waals surface area contributed by atoms with Crippen LogP contribution in [0.5, 0.6) is 0 Å². The smallest absolute Gasteiger partial charge is 0.0250 e. The molecule has 2 aliphatic rings. The minimum Gasteiger partial charge on any atom is -0.313 e. The van der Waals surface area contributed by atoms with Crippen LogP contribution in [0.2, 0.25) is 0 Å². The molecule has 2 unspecified atom stereocenters.